The fraction of sp³-hybridized carbons (Fsp3) is 0.286. The smallest absolute Gasteiger partial charge is 0.337 e. The van der Waals surface area contributed by atoms with Gasteiger partial charge in [-0.15, -0.1) is 11.3 Å². The highest BCUT2D eigenvalue weighted by atomic mass is 32.1. The van der Waals surface area contributed by atoms with Gasteiger partial charge in [0.05, 0.1) is 5.56 Å². The number of nitrogens with one attached hydrogen (secondary N) is 1. The molecule has 1 aromatic carbocycles. The molecule has 2 N–H and O–H groups in total. The van der Waals surface area contributed by atoms with E-state index in [-0.39, 0.29) is 0 Å². The van der Waals surface area contributed by atoms with Crippen molar-refractivity contribution in [2.75, 3.05) is 0 Å². The third-order valence-electron chi connectivity index (χ3n) is 4.73. The van der Waals surface area contributed by atoms with E-state index in [0.29, 0.717) is 18.7 Å². The van der Waals surface area contributed by atoms with Crippen LogP contribution in [-0.4, -0.2) is 15.6 Å². The van der Waals surface area contributed by atoms with Gasteiger partial charge in [-0.2, -0.15) is 0 Å². The van der Waals surface area contributed by atoms with Gasteiger partial charge in [0.25, 0.3) is 0 Å². The first kappa shape index (κ1) is 18.4. The molecule has 3 rings (SSSR count). The number of carbonyl (C=O) groups is 1. The van der Waals surface area contributed by atoms with Crippen molar-refractivity contribution in [3.05, 3.63) is 80.3 Å². The molecule has 0 aliphatic carbocycles. The third-order valence-corrected chi connectivity index (χ3v) is 5.60. The molecule has 0 atom stereocenters. The van der Waals surface area contributed by atoms with Crippen LogP contribution < -0.4 is 5.32 Å². The van der Waals surface area contributed by atoms with Crippen molar-refractivity contribution >= 4 is 17.3 Å². The van der Waals surface area contributed by atoms with Crippen LogP contribution in [0, 0.1) is 20.8 Å². The fourth-order valence-corrected chi connectivity index (χ4v) is 4.08. The number of benzene rings is 1. The van der Waals surface area contributed by atoms with Crippen molar-refractivity contribution in [1.29, 1.82) is 0 Å². The van der Waals surface area contributed by atoms with E-state index in [2.05, 4.69) is 41.1 Å². The Hall–Kier alpha value is -2.37. The zero-order valence-electron chi connectivity index (χ0n) is 15.4. The number of hydrogen-bond acceptors (Lipinski definition) is 3. The predicted octanol–water partition coefficient (Wildman–Crippen LogP) is 4.51. The zero-order valence-corrected chi connectivity index (χ0v) is 16.2. The summed E-state index contributed by atoms with van der Waals surface area (Å²) >= 11 is 1.70. The Morgan fingerprint density at radius 3 is 2.58 bits per heavy atom. The molecule has 3 aromatic rings. The largest absolute Gasteiger partial charge is 0.478 e. The SMILES string of the molecule is Cc1cccc(Cn2c(C)c(CNCc3cccs3)c(C(=O)O)c2C)c1. The molecule has 2 aromatic heterocycles. The quantitative estimate of drug-likeness (QED) is 0.645. The Morgan fingerprint density at radius 2 is 1.92 bits per heavy atom. The summed E-state index contributed by atoms with van der Waals surface area (Å²) < 4.78 is 2.11. The normalized spacial score (nSPS) is 11.0. The molecule has 0 spiro atoms. The van der Waals surface area contributed by atoms with Gasteiger partial charge >= 0.3 is 5.97 Å². The first-order valence-electron chi connectivity index (χ1n) is 8.68. The maximum absolute atomic E-state index is 11.9. The Kier molecular flexibility index (Phi) is 5.59. The number of aromatic carboxylic acids is 1. The summed E-state index contributed by atoms with van der Waals surface area (Å²) in [6, 6.07) is 12.5. The fourth-order valence-electron chi connectivity index (χ4n) is 3.40. The third kappa shape index (κ3) is 3.89. The Bertz CT molecular complexity index is 910. The van der Waals surface area contributed by atoms with Gasteiger partial charge in [-0.3, -0.25) is 0 Å². The van der Waals surface area contributed by atoms with E-state index >= 15 is 0 Å². The van der Waals surface area contributed by atoms with Gasteiger partial charge in [0.1, 0.15) is 0 Å². The van der Waals surface area contributed by atoms with Gasteiger partial charge in [0.2, 0.25) is 0 Å². The average Bonchev–Trinajstić information content (AvgIpc) is 3.18. The number of thiophene rings is 1. The number of carboxylic acid groups (broad SMARTS) is 1. The molecular weight excluding hydrogens is 344 g/mol. The maximum Gasteiger partial charge on any atom is 0.337 e. The Labute approximate surface area is 158 Å². The lowest BCUT2D eigenvalue weighted by Crippen LogP contribution is -2.15. The summed E-state index contributed by atoms with van der Waals surface area (Å²) in [4.78, 5) is 13.1. The van der Waals surface area contributed by atoms with E-state index in [0.717, 1.165) is 23.5 Å². The standard InChI is InChI=1S/C21H24N2O2S/c1-14-6-4-7-17(10-14)13-23-15(2)19(20(16(23)3)21(24)25)12-22-11-18-8-5-9-26-18/h4-10,22H,11-13H2,1-3H3,(H,24,25). The van der Waals surface area contributed by atoms with Crippen LogP contribution in [0.4, 0.5) is 0 Å². The minimum Gasteiger partial charge on any atom is -0.478 e. The maximum atomic E-state index is 11.9. The summed E-state index contributed by atoms with van der Waals surface area (Å²) in [5.41, 5.74) is 5.51. The van der Waals surface area contributed by atoms with E-state index < -0.39 is 5.97 Å². The van der Waals surface area contributed by atoms with Crippen molar-refractivity contribution < 1.29 is 9.90 Å². The first-order valence-corrected chi connectivity index (χ1v) is 9.56. The lowest BCUT2D eigenvalue weighted by atomic mass is 10.1. The molecule has 0 aliphatic heterocycles. The van der Waals surface area contributed by atoms with Crippen molar-refractivity contribution in [3.8, 4) is 0 Å². The van der Waals surface area contributed by atoms with E-state index in [1.54, 1.807) is 11.3 Å². The summed E-state index contributed by atoms with van der Waals surface area (Å²) in [5.74, 6) is -0.860. The van der Waals surface area contributed by atoms with E-state index in [1.807, 2.05) is 31.4 Å². The monoisotopic (exact) mass is 368 g/mol. The highest BCUT2D eigenvalue weighted by Crippen LogP contribution is 2.24. The minimum absolute atomic E-state index is 0.425. The lowest BCUT2D eigenvalue weighted by Gasteiger charge is -2.11. The molecule has 0 fully saturated rings. The van der Waals surface area contributed by atoms with E-state index in [9.17, 15) is 9.90 Å². The van der Waals surface area contributed by atoms with Crippen LogP contribution in [0.25, 0.3) is 0 Å². The molecule has 2 heterocycles. The zero-order chi connectivity index (χ0) is 18.7. The van der Waals surface area contributed by atoms with Crippen LogP contribution in [0.15, 0.2) is 41.8 Å². The van der Waals surface area contributed by atoms with Crippen molar-refractivity contribution in [1.82, 2.24) is 9.88 Å². The van der Waals surface area contributed by atoms with Crippen molar-refractivity contribution in [2.24, 2.45) is 0 Å². The molecular formula is C21H24N2O2S. The topological polar surface area (TPSA) is 54.3 Å². The van der Waals surface area contributed by atoms with Gasteiger partial charge in [0, 0.05) is 41.5 Å². The molecule has 0 saturated carbocycles. The first-order chi connectivity index (χ1) is 12.5. The van der Waals surface area contributed by atoms with Crippen molar-refractivity contribution in [2.45, 2.75) is 40.4 Å². The number of nitrogens with zero attached hydrogens (tertiary/aromatic N) is 1. The molecule has 136 valence electrons. The summed E-state index contributed by atoms with van der Waals surface area (Å²) in [6.45, 7) is 7.96. The second kappa shape index (κ2) is 7.89. The summed E-state index contributed by atoms with van der Waals surface area (Å²) in [6.07, 6.45) is 0. The summed E-state index contributed by atoms with van der Waals surface area (Å²) in [7, 11) is 0. The molecule has 26 heavy (non-hydrogen) atoms. The van der Waals surface area contributed by atoms with Gasteiger partial charge < -0.3 is 15.0 Å². The highest BCUT2D eigenvalue weighted by Gasteiger charge is 2.22. The molecule has 0 aliphatic rings. The second-order valence-electron chi connectivity index (χ2n) is 6.59. The van der Waals surface area contributed by atoms with Crippen molar-refractivity contribution in [3.63, 3.8) is 0 Å². The van der Waals surface area contributed by atoms with Crippen LogP contribution in [-0.2, 0) is 19.6 Å². The number of aryl methyl sites for hydroxylation is 1. The predicted molar refractivity (Wildman–Crippen MR) is 106 cm³/mol. The van der Waals surface area contributed by atoms with Gasteiger partial charge in [0.15, 0.2) is 0 Å². The van der Waals surface area contributed by atoms with Crippen LogP contribution >= 0.6 is 11.3 Å². The highest BCUT2D eigenvalue weighted by molar-refractivity contribution is 7.09. The number of carboxylic acids is 1. The Morgan fingerprint density at radius 1 is 1.12 bits per heavy atom. The van der Waals surface area contributed by atoms with Gasteiger partial charge in [-0.25, -0.2) is 4.79 Å². The van der Waals surface area contributed by atoms with Gasteiger partial charge in [-0.05, 0) is 37.8 Å². The average molecular weight is 369 g/mol. The second-order valence-corrected chi connectivity index (χ2v) is 7.62. The molecule has 0 amide bonds. The molecule has 0 unspecified atom stereocenters. The van der Waals surface area contributed by atoms with Gasteiger partial charge in [-0.1, -0.05) is 35.9 Å². The van der Waals surface area contributed by atoms with Crippen LogP contribution in [0.2, 0.25) is 0 Å². The lowest BCUT2D eigenvalue weighted by molar-refractivity contribution is 0.0694. The summed E-state index contributed by atoms with van der Waals surface area (Å²) in [5, 5.41) is 15.2. The van der Waals surface area contributed by atoms with Crippen LogP contribution in [0.3, 0.4) is 0 Å². The number of hydrogen-bond donors (Lipinski definition) is 2. The Balaban J connectivity index is 1.87. The minimum atomic E-state index is -0.860. The molecule has 0 saturated heterocycles. The van der Waals surface area contributed by atoms with E-state index in [4.69, 9.17) is 0 Å². The molecule has 5 heteroatoms. The molecule has 0 bridgehead atoms. The number of rotatable bonds is 7. The molecule has 0 radical (unpaired) electrons. The van der Waals surface area contributed by atoms with Crippen LogP contribution in [0.5, 0.6) is 0 Å². The number of aromatic nitrogens is 1. The molecule has 4 nitrogen and oxygen atoms in total. The van der Waals surface area contributed by atoms with Crippen LogP contribution in [0.1, 0.15) is 43.3 Å². The van der Waals surface area contributed by atoms with E-state index in [1.165, 1.54) is 16.0 Å².